The summed E-state index contributed by atoms with van der Waals surface area (Å²) in [6, 6.07) is 1.07. The predicted molar refractivity (Wildman–Crippen MR) is 105 cm³/mol. The maximum absolute atomic E-state index is 13.1. The van der Waals surface area contributed by atoms with Crippen LogP contribution < -0.4 is 15.5 Å². The molecule has 1 spiro atoms. The number of nitrogens with one attached hydrogen (secondary N) is 2. The number of hydrogen-bond acceptors (Lipinski definition) is 8. The van der Waals surface area contributed by atoms with Gasteiger partial charge in [-0.3, -0.25) is 20.1 Å². The first-order valence-electron chi connectivity index (χ1n) is 9.18. The lowest BCUT2D eigenvalue weighted by Crippen LogP contribution is -2.49. The third kappa shape index (κ3) is 3.85. The molecule has 0 saturated carbocycles. The van der Waals surface area contributed by atoms with Gasteiger partial charge in [-0.1, -0.05) is 0 Å². The van der Waals surface area contributed by atoms with Crippen LogP contribution in [0.25, 0.3) is 5.70 Å². The summed E-state index contributed by atoms with van der Waals surface area (Å²) in [6.45, 7) is 4.08. The first-order chi connectivity index (χ1) is 14.7. The maximum atomic E-state index is 13.1. The monoisotopic (exact) mass is 434 g/mol. The molecular weight excluding hydrogens is 417 g/mol. The molecule has 0 radical (unpaired) electrons. The van der Waals surface area contributed by atoms with Gasteiger partial charge in [0, 0.05) is 25.2 Å². The number of aromatic nitrogens is 2. The Morgan fingerprint density at radius 2 is 2.16 bits per heavy atom. The zero-order valence-electron chi connectivity index (χ0n) is 16.1. The maximum Gasteiger partial charge on any atom is 0.434 e. The SMILES string of the molecule is C=N/C=C(/c1nccc(N2CCC3(C2)NC(=O)NC3=O)n1)N1C=C(C(F)(F)F)N=CC1. The highest BCUT2D eigenvalue weighted by atomic mass is 19.4. The fourth-order valence-corrected chi connectivity index (χ4v) is 3.59. The lowest BCUT2D eigenvalue weighted by Gasteiger charge is -2.26. The Morgan fingerprint density at radius 1 is 1.35 bits per heavy atom. The molecule has 4 rings (SSSR count). The Morgan fingerprint density at radius 3 is 2.84 bits per heavy atom. The van der Waals surface area contributed by atoms with Crippen molar-refractivity contribution in [3.63, 3.8) is 0 Å². The molecule has 2 saturated heterocycles. The van der Waals surface area contributed by atoms with Gasteiger partial charge in [-0.2, -0.15) is 13.2 Å². The number of hydrogen-bond donors (Lipinski definition) is 2. The molecule has 3 amide bonds. The van der Waals surface area contributed by atoms with Crippen LogP contribution in [0, 0.1) is 0 Å². The molecule has 0 bridgehead atoms. The number of allylic oxidation sites excluding steroid dienone is 1. The predicted octanol–water partition coefficient (Wildman–Crippen LogP) is 1.05. The smallest absolute Gasteiger partial charge is 0.353 e. The number of aliphatic imine (C=N–C) groups is 2. The van der Waals surface area contributed by atoms with E-state index in [0.717, 1.165) is 12.4 Å². The van der Waals surface area contributed by atoms with Gasteiger partial charge >= 0.3 is 12.2 Å². The Balaban J connectivity index is 1.61. The van der Waals surface area contributed by atoms with E-state index in [1.807, 2.05) is 0 Å². The number of carbonyl (C=O) groups is 2. The molecular formula is C18H17F3N8O2. The van der Waals surface area contributed by atoms with Crippen LogP contribution in [-0.4, -0.2) is 71.1 Å². The van der Waals surface area contributed by atoms with E-state index in [0.29, 0.717) is 18.8 Å². The summed E-state index contributed by atoms with van der Waals surface area (Å²) in [5.41, 5.74) is -1.89. The van der Waals surface area contributed by atoms with Crippen molar-refractivity contribution in [3.8, 4) is 0 Å². The topological polar surface area (TPSA) is 115 Å². The van der Waals surface area contributed by atoms with Crippen LogP contribution in [0.2, 0.25) is 0 Å². The summed E-state index contributed by atoms with van der Waals surface area (Å²) >= 11 is 0. The summed E-state index contributed by atoms with van der Waals surface area (Å²) in [5.74, 6) is 0.179. The summed E-state index contributed by atoms with van der Waals surface area (Å²) in [6.07, 6.45) is 0.492. The average molecular weight is 434 g/mol. The van der Waals surface area contributed by atoms with Gasteiger partial charge in [0.2, 0.25) is 0 Å². The van der Waals surface area contributed by atoms with Crippen LogP contribution in [0.4, 0.5) is 23.8 Å². The molecule has 13 heteroatoms. The van der Waals surface area contributed by atoms with Crippen molar-refractivity contribution in [1.82, 2.24) is 25.5 Å². The number of nitrogens with zero attached hydrogens (tertiary/aromatic N) is 6. The number of carbonyl (C=O) groups excluding carboxylic acids is 2. The lowest BCUT2D eigenvalue weighted by molar-refractivity contribution is -0.123. The lowest BCUT2D eigenvalue weighted by atomic mass is 10.00. The van der Waals surface area contributed by atoms with Crippen molar-refractivity contribution in [2.45, 2.75) is 18.1 Å². The second-order valence-corrected chi connectivity index (χ2v) is 7.07. The van der Waals surface area contributed by atoms with Crippen LogP contribution in [-0.2, 0) is 4.79 Å². The van der Waals surface area contributed by atoms with Crippen molar-refractivity contribution in [2.75, 3.05) is 24.5 Å². The van der Waals surface area contributed by atoms with Crippen LogP contribution in [0.15, 0.2) is 40.3 Å². The van der Waals surface area contributed by atoms with Gasteiger partial charge in [0.15, 0.2) is 11.5 Å². The minimum absolute atomic E-state index is 0.0630. The van der Waals surface area contributed by atoms with Gasteiger partial charge in [-0.15, -0.1) is 0 Å². The Labute approximate surface area is 174 Å². The molecule has 1 aromatic heterocycles. The van der Waals surface area contributed by atoms with E-state index in [-0.39, 0.29) is 24.6 Å². The van der Waals surface area contributed by atoms with E-state index in [1.54, 1.807) is 11.0 Å². The van der Waals surface area contributed by atoms with Crippen molar-refractivity contribution in [3.05, 3.63) is 36.2 Å². The molecule has 3 aliphatic heterocycles. The van der Waals surface area contributed by atoms with Crippen LogP contribution in [0.3, 0.4) is 0 Å². The van der Waals surface area contributed by atoms with Crippen molar-refractivity contribution < 1.29 is 22.8 Å². The Hall–Kier alpha value is -3.77. The number of anilines is 1. The second-order valence-electron chi connectivity index (χ2n) is 7.07. The van der Waals surface area contributed by atoms with E-state index < -0.39 is 29.4 Å². The van der Waals surface area contributed by atoms with Crippen LogP contribution in [0.5, 0.6) is 0 Å². The van der Waals surface area contributed by atoms with E-state index in [1.165, 1.54) is 17.3 Å². The highest BCUT2D eigenvalue weighted by molar-refractivity contribution is 6.07. The summed E-state index contributed by atoms with van der Waals surface area (Å²) < 4.78 is 39.2. The molecule has 1 unspecified atom stereocenters. The molecule has 2 N–H and O–H groups in total. The number of rotatable bonds is 4. The Bertz CT molecular complexity index is 1030. The minimum Gasteiger partial charge on any atom is -0.353 e. The number of halogens is 3. The quantitative estimate of drug-likeness (QED) is 0.541. The normalized spacial score (nSPS) is 23.8. The van der Waals surface area contributed by atoms with Crippen LogP contribution in [0.1, 0.15) is 12.2 Å². The molecule has 0 aromatic carbocycles. The van der Waals surface area contributed by atoms with E-state index >= 15 is 0 Å². The molecule has 0 aliphatic carbocycles. The Kier molecular flexibility index (Phi) is 4.95. The number of imide groups is 1. The molecule has 162 valence electrons. The van der Waals surface area contributed by atoms with Gasteiger partial charge in [-0.25, -0.2) is 14.8 Å². The van der Waals surface area contributed by atoms with Crippen molar-refractivity contribution in [2.24, 2.45) is 9.98 Å². The van der Waals surface area contributed by atoms with Crippen molar-refractivity contribution in [1.29, 1.82) is 0 Å². The first kappa shape index (κ1) is 20.5. The van der Waals surface area contributed by atoms with Gasteiger partial charge in [-0.05, 0) is 19.2 Å². The second kappa shape index (κ2) is 7.49. The average Bonchev–Trinajstić information content (AvgIpc) is 3.28. The largest absolute Gasteiger partial charge is 0.434 e. The number of alkyl halides is 3. The molecule has 31 heavy (non-hydrogen) atoms. The summed E-state index contributed by atoms with van der Waals surface area (Å²) in [5, 5.41) is 4.88. The van der Waals surface area contributed by atoms with E-state index in [9.17, 15) is 22.8 Å². The molecule has 10 nitrogen and oxygen atoms in total. The van der Waals surface area contributed by atoms with Crippen molar-refractivity contribution >= 4 is 36.4 Å². The minimum atomic E-state index is -4.61. The fraction of sp³-hybridized carbons (Fsp3) is 0.333. The zero-order valence-corrected chi connectivity index (χ0v) is 16.1. The molecule has 1 aromatic rings. The molecule has 1 atom stereocenters. The summed E-state index contributed by atoms with van der Waals surface area (Å²) in [4.78, 5) is 42.5. The van der Waals surface area contributed by atoms with Gasteiger partial charge in [0.1, 0.15) is 17.1 Å². The summed E-state index contributed by atoms with van der Waals surface area (Å²) in [7, 11) is 0. The molecule has 2 fully saturated rings. The van der Waals surface area contributed by atoms with Gasteiger partial charge < -0.3 is 15.1 Å². The highest BCUT2D eigenvalue weighted by Crippen LogP contribution is 2.31. The third-order valence-corrected chi connectivity index (χ3v) is 5.08. The van der Waals surface area contributed by atoms with E-state index in [2.05, 4.69) is 37.3 Å². The van der Waals surface area contributed by atoms with Gasteiger partial charge in [0.05, 0.1) is 19.3 Å². The number of urea groups is 1. The first-order valence-corrected chi connectivity index (χ1v) is 9.18. The number of amides is 3. The third-order valence-electron chi connectivity index (χ3n) is 5.08. The zero-order chi connectivity index (χ0) is 22.2. The van der Waals surface area contributed by atoms with E-state index in [4.69, 9.17) is 0 Å². The fourth-order valence-electron chi connectivity index (χ4n) is 3.59. The van der Waals surface area contributed by atoms with Gasteiger partial charge in [0.25, 0.3) is 5.91 Å². The highest BCUT2D eigenvalue weighted by Gasteiger charge is 2.51. The molecule has 3 aliphatic rings. The molecule has 4 heterocycles. The van der Waals surface area contributed by atoms with Crippen LogP contribution >= 0.6 is 0 Å². The standard InChI is InChI=1S/C18H17F3N8O2/c1-22-8-11(28-7-5-23-12(9-28)18(19,20)21)14-24-4-2-13(25-14)29-6-3-17(10-29)15(30)26-16(31)27-17/h2,4-5,8-9H,1,3,6-7,10H2,(H2,26,27,30,31)/b11-8-.